The van der Waals surface area contributed by atoms with Gasteiger partial charge in [0.15, 0.2) is 0 Å². The van der Waals surface area contributed by atoms with E-state index in [0.717, 1.165) is 24.5 Å². The minimum absolute atomic E-state index is 0.422. The summed E-state index contributed by atoms with van der Waals surface area (Å²) in [6, 6.07) is 33.5. The van der Waals surface area contributed by atoms with Crippen LogP contribution in [-0.2, 0) is 0 Å². The minimum Gasteiger partial charge on any atom is -0.257 e. The Morgan fingerprint density at radius 1 is 0.711 bits per heavy atom. The summed E-state index contributed by atoms with van der Waals surface area (Å²) in [6.07, 6.45) is 21.4. The topological polar surface area (TPSA) is 12.9 Å². The first-order chi connectivity index (χ1) is 22.1. The van der Waals surface area contributed by atoms with Crippen molar-refractivity contribution in [3.8, 4) is 22.3 Å². The number of pyridine rings is 1. The molecule has 0 saturated heterocycles. The van der Waals surface area contributed by atoms with Crippen molar-refractivity contribution in [2.75, 3.05) is 0 Å². The number of benzene rings is 3. The standard InChI is InChI=1S/C44H45N/c1-4-23-44(30-40(44)5-2)42-22-21-36(29-41(42)43-16-9-10-24-45-43)34-14-11-15-35(25-34)39-27-37(32-12-7-6-8-13-32)26-38(28-39)33-19-17-31(3)18-20-33/h6-17,19-21,24-29,31,40,42H,4-5,18,22-23,30H2,1-3H3. The predicted molar refractivity (Wildman–Crippen MR) is 192 cm³/mol. The lowest BCUT2D eigenvalue weighted by Crippen LogP contribution is -2.22. The number of hydrogen-bond acceptors (Lipinski definition) is 1. The molecule has 1 aromatic heterocycles. The zero-order chi connectivity index (χ0) is 30.8. The van der Waals surface area contributed by atoms with Gasteiger partial charge >= 0.3 is 0 Å². The average molecular weight is 588 g/mol. The molecule has 0 amide bonds. The summed E-state index contributed by atoms with van der Waals surface area (Å²) in [5.74, 6) is 1.96. The first-order valence-electron chi connectivity index (χ1n) is 17.1. The largest absolute Gasteiger partial charge is 0.257 e. The summed E-state index contributed by atoms with van der Waals surface area (Å²) in [5.41, 5.74) is 13.2. The Morgan fingerprint density at radius 3 is 2.13 bits per heavy atom. The molecule has 3 aliphatic carbocycles. The van der Waals surface area contributed by atoms with Gasteiger partial charge in [0.25, 0.3) is 0 Å². The van der Waals surface area contributed by atoms with Crippen molar-refractivity contribution < 1.29 is 0 Å². The van der Waals surface area contributed by atoms with Crippen molar-refractivity contribution in [1.29, 1.82) is 0 Å². The number of allylic oxidation sites excluding steroid dienone is 8. The number of aromatic nitrogens is 1. The van der Waals surface area contributed by atoms with Crippen LogP contribution in [0.5, 0.6) is 0 Å². The highest BCUT2D eigenvalue weighted by molar-refractivity contribution is 5.89. The van der Waals surface area contributed by atoms with E-state index < -0.39 is 0 Å². The maximum Gasteiger partial charge on any atom is 0.0664 e. The van der Waals surface area contributed by atoms with Gasteiger partial charge in [-0.05, 0) is 141 Å². The third-order valence-corrected chi connectivity index (χ3v) is 10.6. The number of nitrogens with zero attached hydrogens (tertiary/aromatic N) is 1. The fourth-order valence-corrected chi connectivity index (χ4v) is 8.13. The van der Waals surface area contributed by atoms with Gasteiger partial charge in [-0.1, -0.05) is 113 Å². The lowest BCUT2D eigenvalue weighted by molar-refractivity contribution is 0.312. The Bertz CT molecular complexity index is 1790. The Morgan fingerprint density at radius 2 is 1.42 bits per heavy atom. The van der Waals surface area contributed by atoms with E-state index in [0.29, 0.717) is 17.3 Å². The molecule has 1 heterocycles. The van der Waals surface area contributed by atoms with E-state index in [-0.39, 0.29) is 0 Å². The van der Waals surface area contributed by atoms with Crippen LogP contribution in [0.1, 0.15) is 76.1 Å². The fourth-order valence-electron chi connectivity index (χ4n) is 8.13. The lowest BCUT2D eigenvalue weighted by Gasteiger charge is -2.33. The molecule has 0 spiro atoms. The fraction of sp³-hybridized carbons (Fsp3) is 0.295. The second-order valence-electron chi connectivity index (χ2n) is 13.5. The first-order valence-corrected chi connectivity index (χ1v) is 17.1. The van der Waals surface area contributed by atoms with Crippen molar-refractivity contribution in [3.63, 3.8) is 0 Å². The number of hydrogen-bond donors (Lipinski definition) is 0. The molecule has 4 unspecified atom stereocenters. The monoisotopic (exact) mass is 587 g/mol. The summed E-state index contributed by atoms with van der Waals surface area (Å²) in [4.78, 5) is 4.89. The van der Waals surface area contributed by atoms with E-state index in [4.69, 9.17) is 4.98 Å². The van der Waals surface area contributed by atoms with Gasteiger partial charge in [0.2, 0.25) is 0 Å². The van der Waals surface area contributed by atoms with E-state index in [1.165, 1.54) is 75.8 Å². The summed E-state index contributed by atoms with van der Waals surface area (Å²) in [7, 11) is 0. The van der Waals surface area contributed by atoms with Crippen LogP contribution in [0.2, 0.25) is 0 Å². The molecule has 226 valence electrons. The van der Waals surface area contributed by atoms with Gasteiger partial charge in [0, 0.05) is 6.20 Å². The third kappa shape index (κ3) is 5.94. The maximum atomic E-state index is 4.89. The van der Waals surface area contributed by atoms with E-state index in [1.807, 2.05) is 12.3 Å². The zero-order valence-electron chi connectivity index (χ0n) is 27.0. The second kappa shape index (κ2) is 12.6. The van der Waals surface area contributed by atoms with Crippen LogP contribution < -0.4 is 0 Å². The molecule has 0 radical (unpaired) electrons. The Labute approximate surface area is 270 Å². The molecule has 1 nitrogen and oxygen atoms in total. The van der Waals surface area contributed by atoms with Crippen molar-refractivity contribution >= 4 is 16.7 Å². The van der Waals surface area contributed by atoms with Crippen molar-refractivity contribution in [2.45, 2.75) is 59.3 Å². The third-order valence-electron chi connectivity index (χ3n) is 10.6. The molecular formula is C44H45N. The van der Waals surface area contributed by atoms with Gasteiger partial charge in [-0.15, -0.1) is 0 Å². The molecule has 45 heavy (non-hydrogen) atoms. The summed E-state index contributed by atoms with van der Waals surface area (Å²) in [5, 5.41) is 0. The molecule has 1 fully saturated rings. The van der Waals surface area contributed by atoms with Crippen LogP contribution in [0.3, 0.4) is 0 Å². The summed E-state index contributed by atoms with van der Waals surface area (Å²) >= 11 is 0. The summed E-state index contributed by atoms with van der Waals surface area (Å²) in [6.45, 7) is 7.02. The highest BCUT2D eigenvalue weighted by atomic mass is 14.7. The van der Waals surface area contributed by atoms with Crippen molar-refractivity contribution in [2.24, 2.45) is 23.2 Å². The van der Waals surface area contributed by atoms with Gasteiger partial charge in [-0.25, -0.2) is 0 Å². The smallest absolute Gasteiger partial charge is 0.0664 e. The average Bonchev–Trinajstić information content (AvgIpc) is 3.83. The van der Waals surface area contributed by atoms with Gasteiger partial charge in [0.05, 0.1) is 5.69 Å². The van der Waals surface area contributed by atoms with E-state index in [1.54, 1.807) is 0 Å². The molecule has 0 N–H and O–H groups in total. The predicted octanol–water partition coefficient (Wildman–Crippen LogP) is 12.1. The van der Waals surface area contributed by atoms with Gasteiger partial charge in [-0.2, -0.15) is 0 Å². The van der Waals surface area contributed by atoms with Crippen LogP contribution in [-0.4, -0.2) is 4.98 Å². The van der Waals surface area contributed by atoms with Crippen LogP contribution in [0.15, 0.2) is 128 Å². The molecule has 4 atom stereocenters. The molecule has 4 aromatic rings. The zero-order valence-corrected chi connectivity index (χ0v) is 27.0. The lowest BCUT2D eigenvalue weighted by atomic mass is 9.71. The molecular weight excluding hydrogens is 542 g/mol. The van der Waals surface area contributed by atoms with Crippen molar-refractivity contribution in [1.82, 2.24) is 4.98 Å². The molecule has 0 aliphatic heterocycles. The Balaban J connectivity index is 1.28. The molecule has 1 saturated carbocycles. The van der Waals surface area contributed by atoms with Crippen LogP contribution >= 0.6 is 0 Å². The molecule has 1 heteroatoms. The highest BCUT2D eigenvalue weighted by Gasteiger charge is 2.57. The van der Waals surface area contributed by atoms with Gasteiger partial charge < -0.3 is 0 Å². The normalized spacial score (nSPS) is 24.1. The molecule has 3 aliphatic rings. The SMILES string of the molecule is CCCC1(C2CC=C(c3cccc(-c4cc(C5=CCC(C)C=C5)cc(-c5ccccc5)c4)c3)C=C2c2ccccn2)CC1CC. The highest BCUT2D eigenvalue weighted by Crippen LogP contribution is 2.66. The Kier molecular flexibility index (Phi) is 8.28. The molecule has 7 rings (SSSR count). The minimum atomic E-state index is 0.422. The molecule has 0 bridgehead atoms. The van der Waals surface area contributed by atoms with E-state index >= 15 is 0 Å². The van der Waals surface area contributed by atoms with Crippen LogP contribution in [0, 0.1) is 23.2 Å². The van der Waals surface area contributed by atoms with Gasteiger partial charge in [-0.3, -0.25) is 4.98 Å². The van der Waals surface area contributed by atoms with Gasteiger partial charge in [0.1, 0.15) is 0 Å². The van der Waals surface area contributed by atoms with Crippen LogP contribution in [0.4, 0.5) is 0 Å². The quantitative estimate of drug-likeness (QED) is 0.190. The maximum absolute atomic E-state index is 4.89. The second-order valence-corrected chi connectivity index (χ2v) is 13.5. The van der Waals surface area contributed by atoms with E-state index in [9.17, 15) is 0 Å². The molecule has 3 aromatic carbocycles. The summed E-state index contributed by atoms with van der Waals surface area (Å²) < 4.78 is 0. The van der Waals surface area contributed by atoms with Crippen LogP contribution in [0.25, 0.3) is 39.0 Å². The van der Waals surface area contributed by atoms with Crippen molar-refractivity contribution in [3.05, 3.63) is 144 Å². The van der Waals surface area contributed by atoms with E-state index in [2.05, 4.69) is 136 Å². The Hall–Kier alpha value is -4.23. The number of rotatable bonds is 9. The first kappa shape index (κ1) is 29.5.